The van der Waals surface area contributed by atoms with E-state index in [0.717, 1.165) is 55.6 Å². The van der Waals surface area contributed by atoms with Crippen molar-refractivity contribution >= 4 is 10.0 Å². The number of fused-ring (bicyclic) bond motifs is 1. The second kappa shape index (κ2) is 7.42. The summed E-state index contributed by atoms with van der Waals surface area (Å²) in [5.41, 5.74) is 0.981. The summed E-state index contributed by atoms with van der Waals surface area (Å²) in [5.74, 6) is 2.28. The lowest BCUT2D eigenvalue weighted by Crippen LogP contribution is -2.40. The van der Waals surface area contributed by atoms with Gasteiger partial charge in [-0.25, -0.2) is 13.1 Å². The van der Waals surface area contributed by atoms with Crippen molar-refractivity contribution in [3.63, 3.8) is 0 Å². The van der Waals surface area contributed by atoms with Crippen LogP contribution in [0.1, 0.15) is 32.3 Å². The van der Waals surface area contributed by atoms with Crippen LogP contribution in [0.3, 0.4) is 0 Å². The van der Waals surface area contributed by atoms with E-state index < -0.39 is 10.0 Å². The van der Waals surface area contributed by atoms with Crippen molar-refractivity contribution in [3.8, 4) is 5.75 Å². The monoisotopic (exact) mass is 352 g/mol. The number of hydrogen-bond acceptors (Lipinski definition) is 4. The number of ether oxygens (including phenoxy) is 1. The van der Waals surface area contributed by atoms with E-state index in [-0.39, 0.29) is 0 Å². The smallest absolute Gasteiger partial charge is 0.240 e. The highest BCUT2D eigenvalue weighted by atomic mass is 32.2. The van der Waals surface area contributed by atoms with Gasteiger partial charge in [-0.3, -0.25) is 0 Å². The molecule has 0 radical (unpaired) electrons. The molecule has 0 saturated carbocycles. The molecule has 2 aliphatic rings. The highest BCUT2D eigenvalue weighted by Crippen LogP contribution is 2.27. The maximum atomic E-state index is 12.4. The zero-order valence-electron chi connectivity index (χ0n) is 14.6. The Morgan fingerprint density at radius 1 is 1.25 bits per heavy atom. The van der Waals surface area contributed by atoms with E-state index in [4.69, 9.17) is 4.74 Å². The van der Waals surface area contributed by atoms with Crippen molar-refractivity contribution in [1.29, 1.82) is 0 Å². The Labute approximate surface area is 145 Å². The molecule has 1 aromatic carbocycles. The minimum absolute atomic E-state index is 0.340. The summed E-state index contributed by atoms with van der Waals surface area (Å²) in [6, 6.07) is 5.12. The first-order valence-corrected chi connectivity index (χ1v) is 10.4. The lowest BCUT2D eigenvalue weighted by molar-refractivity contribution is 0.140. The van der Waals surface area contributed by atoms with E-state index in [1.54, 1.807) is 18.2 Å². The third-order valence-electron chi connectivity index (χ3n) is 4.86. The Morgan fingerprint density at radius 2 is 2.00 bits per heavy atom. The molecule has 1 saturated heterocycles. The highest BCUT2D eigenvalue weighted by molar-refractivity contribution is 7.89. The van der Waals surface area contributed by atoms with Gasteiger partial charge in [-0.05, 0) is 55.0 Å². The topological polar surface area (TPSA) is 58.6 Å². The molecule has 24 heavy (non-hydrogen) atoms. The van der Waals surface area contributed by atoms with Gasteiger partial charge >= 0.3 is 0 Å². The highest BCUT2D eigenvalue weighted by Gasteiger charge is 2.22. The molecule has 1 fully saturated rings. The maximum Gasteiger partial charge on any atom is 0.240 e. The number of piperidine rings is 1. The molecule has 0 amide bonds. The minimum atomic E-state index is -3.43. The summed E-state index contributed by atoms with van der Waals surface area (Å²) in [6.45, 7) is 8.92. The number of sulfonamides is 1. The van der Waals surface area contributed by atoms with Crippen LogP contribution >= 0.6 is 0 Å². The average molecular weight is 353 g/mol. The number of hydrogen-bond donors (Lipinski definition) is 1. The number of likely N-dealkylation sites (tertiary alicyclic amines) is 1. The normalized spacial score (nSPS) is 24.6. The standard InChI is InChI=1S/C18H28N2O3S/c1-14-10-15(2)13-20(12-14)8-3-7-19-24(21,22)17-4-5-18-16(11-17)6-9-23-18/h4-5,11,14-15,19H,3,6-10,12-13H2,1-2H3/t14-,15-/m0/s1. The molecular formula is C18H28N2O3S. The molecule has 2 heterocycles. The quantitative estimate of drug-likeness (QED) is 0.798. The Kier molecular flexibility index (Phi) is 5.47. The van der Waals surface area contributed by atoms with Gasteiger partial charge in [0, 0.05) is 26.1 Å². The molecule has 6 heteroatoms. The van der Waals surface area contributed by atoms with Gasteiger partial charge in [0.2, 0.25) is 10.0 Å². The summed E-state index contributed by atoms with van der Waals surface area (Å²) in [6.07, 6.45) is 2.92. The zero-order chi connectivity index (χ0) is 17.2. The van der Waals surface area contributed by atoms with Gasteiger partial charge in [0.1, 0.15) is 5.75 Å². The molecule has 0 unspecified atom stereocenters. The van der Waals surface area contributed by atoms with Gasteiger partial charge in [-0.1, -0.05) is 13.8 Å². The molecule has 3 rings (SSSR count). The fourth-order valence-electron chi connectivity index (χ4n) is 3.90. The summed E-state index contributed by atoms with van der Waals surface area (Å²) in [5, 5.41) is 0. The van der Waals surface area contributed by atoms with Crippen LogP contribution in [-0.4, -0.2) is 46.1 Å². The van der Waals surface area contributed by atoms with Crippen molar-refractivity contribution in [3.05, 3.63) is 23.8 Å². The second-order valence-corrected chi connectivity index (χ2v) is 9.09. The number of nitrogens with zero attached hydrogens (tertiary/aromatic N) is 1. The Hall–Kier alpha value is -1.11. The number of benzene rings is 1. The SMILES string of the molecule is C[C@H]1C[C@H](C)CN(CCCNS(=O)(=O)c2ccc3c(c2)CCO3)C1. The summed E-state index contributed by atoms with van der Waals surface area (Å²) >= 11 is 0. The minimum Gasteiger partial charge on any atom is -0.493 e. The van der Waals surface area contributed by atoms with Gasteiger partial charge < -0.3 is 9.64 Å². The molecular weight excluding hydrogens is 324 g/mol. The zero-order valence-corrected chi connectivity index (χ0v) is 15.4. The maximum absolute atomic E-state index is 12.4. The molecule has 1 N–H and O–H groups in total. The van der Waals surface area contributed by atoms with E-state index in [2.05, 4.69) is 23.5 Å². The molecule has 1 aromatic rings. The van der Waals surface area contributed by atoms with Crippen molar-refractivity contribution < 1.29 is 13.2 Å². The molecule has 2 atom stereocenters. The van der Waals surface area contributed by atoms with Crippen molar-refractivity contribution in [1.82, 2.24) is 9.62 Å². The van der Waals surface area contributed by atoms with E-state index in [1.165, 1.54) is 6.42 Å². The first kappa shape index (κ1) is 17.7. The van der Waals surface area contributed by atoms with Crippen molar-refractivity contribution in [2.75, 3.05) is 32.8 Å². The fraction of sp³-hybridized carbons (Fsp3) is 0.667. The van der Waals surface area contributed by atoms with Gasteiger partial charge in [0.25, 0.3) is 0 Å². The van der Waals surface area contributed by atoms with Gasteiger partial charge in [-0.15, -0.1) is 0 Å². The van der Waals surface area contributed by atoms with Crippen LogP contribution in [0.4, 0.5) is 0 Å². The van der Waals surface area contributed by atoms with E-state index in [9.17, 15) is 8.42 Å². The van der Waals surface area contributed by atoms with Crippen LogP contribution < -0.4 is 9.46 Å². The molecule has 0 bridgehead atoms. The first-order chi connectivity index (χ1) is 11.4. The van der Waals surface area contributed by atoms with Crippen LogP contribution in [0.5, 0.6) is 5.75 Å². The van der Waals surface area contributed by atoms with Crippen molar-refractivity contribution in [2.45, 2.75) is 38.0 Å². The largest absolute Gasteiger partial charge is 0.493 e. The van der Waals surface area contributed by atoms with Crippen LogP contribution in [-0.2, 0) is 16.4 Å². The predicted octanol–water partition coefficient (Wildman–Crippen LogP) is 2.27. The lowest BCUT2D eigenvalue weighted by atomic mass is 9.92. The molecule has 5 nitrogen and oxygen atoms in total. The third kappa shape index (κ3) is 4.29. The first-order valence-electron chi connectivity index (χ1n) is 8.92. The van der Waals surface area contributed by atoms with E-state index in [1.807, 2.05) is 0 Å². The van der Waals surface area contributed by atoms with Gasteiger partial charge in [0.05, 0.1) is 11.5 Å². The Balaban J connectivity index is 1.49. The van der Waals surface area contributed by atoms with Crippen LogP contribution in [0.15, 0.2) is 23.1 Å². The molecule has 134 valence electrons. The molecule has 0 spiro atoms. The molecule has 2 aliphatic heterocycles. The van der Waals surface area contributed by atoms with Crippen LogP contribution in [0, 0.1) is 11.8 Å². The number of rotatable bonds is 6. The Bertz CT molecular complexity index is 665. The third-order valence-corrected chi connectivity index (χ3v) is 6.32. The average Bonchev–Trinajstić information content (AvgIpc) is 2.98. The Morgan fingerprint density at radius 3 is 2.75 bits per heavy atom. The van der Waals surface area contributed by atoms with Crippen LogP contribution in [0.2, 0.25) is 0 Å². The summed E-state index contributed by atoms with van der Waals surface area (Å²) in [7, 11) is -3.43. The van der Waals surface area contributed by atoms with E-state index in [0.29, 0.717) is 18.0 Å². The summed E-state index contributed by atoms with van der Waals surface area (Å²) < 4.78 is 33.0. The van der Waals surface area contributed by atoms with Gasteiger partial charge in [-0.2, -0.15) is 0 Å². The fourth-order valence-corrected chi connectivity index (χ4v) is 5.02. The lowest BCUT2D eigenvalue weighted by Gasteiger charge is -2.34. The predicted molar refractivity (Wildman–Crippen MR) is 94.8 cm³/mol. The number of nitrogens with one attached hydrogen (secondary N) is 1. The second-order valence-electron chi connectivity index (χ2n) is 7.32. The molecule has 0 aromatic heterocycles. The van der Waals surface area contributed by atoms with Crippen LogP contribution in [0.25, 0.3) is 0 Å². The van der Waals surface area contributed by atoms with E-state index >= 15 is 0 Å². The summed E-state index contributed by atoms with van der Waals surface area (Å²) in [4.78, 5) is 2.80. The van der Waals surface area contributed by atoms with Crippen molar-refractivity contribution in [2.24, 2.45) is 11.8 Å². The van der Waals surface area contributed by atoms with Gasteiger partial charge in [0.15, 0.2) is 0 Å². The molecule has 0 aliphatic carbocycles.